The molecule has 3 heteroatoms. The zero-order chi connectivity index (χ0) is 11.2. The zero-order valence-electron chi connectivity index (χ0n) is 9.58. The Morgan fingerprint density at radius 3 is 2.94 bits per heavy atom. The fraction of sp³-hybridized carbons (Fsp3) is 0.615. The summed E-state index contributed by atoms with van der Waals surface area (Å²) in [6, 6.07) is 4.17. The van der Waals surface area contributed by atoms with Gasteiger partial charge in [-0.05, 0) is 36.6 Å². The van der Waals surface area contributed by atoms with Gasteiger partial charge in [-0.1, -0.05) is 18.9 Å². The third-order valence-electron chi connectivity index (χ3n) is 3.22. The van der Waals surface area contributed by atoms with Gasteiger partial charge in [0.1, 0.15) is 0 Å². The lowest BCUT2D eigenvalue weighted by atomic mass is 10.0. The highest BCUT2D eigenvalue weighted by Gasteiger charge is 2.17. The molecule has 0 aromatic carbocycles. The van der Waals surface area contributed by atoms with E-state index < -0.39 is 0 Å². The van der Waals surface area contributed by atoms with Crippen molar-refractivity contribution in [3.05, 3.63) is 22.4 Å². The Balaban J connectivity index is 1.60. The molecule has 1 aromatic rings. The van der Waals surface area contributed by atoms with E-state index in [2.05, 4.69) is 22.8 Å². The van der Waals surface area contributed by atoms with Crippen LogP contribution in [0.1, 0.15) is 37.0 Å². The molecule has 2 nitrogen and oxygen atoms in total. The number of hydrogen-bond acceptors (Lipinski definition) is 2. The number of carbonyl (C=O) groups excluding carboxylic acids is 1. The van der Waals surface area contributed by atoms with Crippen LogP contribution in [0.5, 0.6) is 0 Å². The number of hydrogen-bond donors (Lipinski definition) is 1. The predicted molar refractivity (Wildman–Crippen MR) is 67.6 cm³/mol. The van der Waals surface area contributed by atoms with E-state index in [4.69, 9.17) is 0 Å². The topological polar surface area (TPSA) is 29.1 Å². The first-order valence-corrected chi connectivity index (χ1v) is 7.01. The first kappa shape index (κ1) is 11.6. The van der Waals surface area contributed by atoms with E-state index >= 15 is 0 Å². The number of nitrogens with one attached hydrogen (secondary N) is 1. The van der Waals surface area contributed by atoms with Crippen LogP contribution in [0.15, 0.2) is 17.5 Å². The van der Waals surface area contributed by atoms with Crippen molar-refractivity contribution in [3.8, 4) is 0 Å². The Kier molecular flexibility index (Phi) is 4.40. The number of thiophene rings is 1. The van der Waals surface area contributed by atoms with Crippen molar-refractivity contribution in [3.63, 3.8) is 0 Å². The van der Waals surface area contributed by atoms with Crippen molar-refractivity contribution in [2.75, 3.05) is 6.54 Å². The smallest absolute Gasteiger partial charge is 0.220 e. The number of rotatable bonds is 5. The fourth-order valence-corrected chi connectivity index (χ4v) is 3.04. The van der Waals surface area contributed by atoms with E-state index in [-0.39, 0.29) is 5.91 Å². The molecular formula is C13H19NOS. The second-order valence-electron chi connectivity index (χ2n) is 4.53. The minimum absolute atomic E-state index is 0.239. The molecule has 0 radical (unpaired) electrons. The molecule has 1 aromatic heterocycles. The van der Waals surface area contributed by atoms with Gasteiger partial charge in [-0.25, -0.2) is 0 Å². The summed E-state index contributed by atoms with van der Waals surface area (Å²) in [5.41, 5.74) is 0. The zero-order valence-corrected chi connectivity index (χ0v) is 10.4. The molecular weight excluding hydrogens is 218 g/mol. The van der Waals surface area contributed by atoms with Crippen LogP contribution in [0.25, 0.3) is 0 Å². The molecule has 16 heavy (non-hydrogen) atoms. The van der Waals surface area contributed by atoms with Crippen molar-refractivity contribution in [2.24, 2.45) is 5.92 Å². The van der Waals surface area contributed by atoms with Crippen molar-refractivity contribution in [2.45, 2.75) is 38.5 Å². The second kappa shape index (κ2) is 6.04. The van der Waals surface area contributed by atoms with Crippen molar-refractivity contribution in [1.82, 2.24) is 5.32 Å². The Bertz CT molecular complexity index is 315. The Morgan fingerprint density at radius 2 is 2.25 bits per heavy atom. The predicted octanol–water partition coefficient (Wildman–Crippen LogP) is 2.99. The van der Waals surface area contributed by atoms with Gasteiger partial charge in [0.2, 0.25) is 5.91 Å². The number of carbonyl (C=O) groups is 1. The molecule has 1 saturated carbocycles. The van der Waals surface area contributed by atoms with E-state index in [1.165, 1.54) is 30.6 Å². The Hall–Kier alpha value is -0.830. The van der Waals surface area contributed by atoms with Gasteiger partial charge in [0.05, 0.1) is 0 Å². The molecule has 0 saturated heterocycles. The van der Waals surface area contributed by atoms with E-state index in [1.807, 2.05) is 0 Å². The van der Waals surface area contributed by atoms with Crippen molar-refractivity contribution < 1.29 is 4.79 Å². The molecule has 1 aliphatic rings. The summed E-state index contributed by atoms with van der Waals surface area (Å²) < 4.78 is 0. The molecule has 2 rings (SSSR count). The molecule has 1 N–H and O–H groups in total. The van der Waals surface area contributed by atoms with Gasteiger partial charge in [-0.15, -0.1) is 11.3 Å². The van der Waals surface area contributed by atoms with E-state index in [0.29, 0.717) is 5.92 Å². The van der Waals surface area contributed by atoms with Crippen LogP contribution in [-0.2, 0) is 11.2 Å². The van der Waals surface area contributed by atoms with Gasteiger partial charge in [0, 0.05) is 17.8 Å². The molecule has 1 fully saturated rings. The summed E-state index contributed by atoms with van der Waals surface area (Å²) in [7, 11) is 0. The van der Waals surface area contributed by atoms with Gasteiger partial charge in [-0.3, -0.25) is 4.79 Å². The quantitative estimate of drug-likeness (QED) is 0.838. The van der Waals surface area contributed by atoms with Crippen LogP contribution < -0.4 is 5.32 Å². The molecule has 0 spiro atoms. The maximum atomic E-state index is 11.6. The minimum Gasteiger partial charge on any atom is -0.356 e. The summed E-state index contributed by atoms with van der Waals surface area (Å²) in [5, 5.41) is 5.09. The fourth-order valence-electron chi connectivity index (χ4n) is 2.33. The lowest BCUT2D eigenvalue weighted by molar-refractivity contribution is -0.121. The van der Waals surface area contributed by atoms with Crippen LogP contribution >= 0.6 is 11.3 Å². The first-order valence-electron chi connectivity index (χ1n) is 6.13. The van der Waals surface area contributed by atoms with Crippen molar-refractivity contribution >= 4 is 17.2 Å². The maximum absolute atomic E-state index is 11.6. The summed E-state index contributed by atoms with van der Waals surface area (Å²) in [6.45, 7) is 0.784. The molecule has 1 amide bonds. The number of amides is 1. The average Bonchev–Trinajstić information content (AvgIpc) is 2.90. The van der Waals surface area contributed by atoms with Gasteiger partial charge in [0.25, 0.3) is 0 Å². The van der Waals surface area contributed by atoms with E-state index in [1.54, 1.807) is 11.3 Å². The second-order valence-corrected chi connectivity index (χ2v) is 5.57. The highest BCUT2D eigenvalue weighted by molar-refractivity contribution is 7.09. The minimum atomic E-state index is 0.239. The van der Waals surface area contributed by atoms with Crippen molar-refractivity contribution in [1.29, 1.82) is 0 Å². The first-order chi connectivity index (χ1) is 7.84. The Morgan fingerprint density at radius 1 is 1.44 bits per heavy atom. The molecule has 0 atom stereocenters. The maximum Gasteiger partial charge on any atom is 0.220 e. The summed E-state index contributed by atoms with van der Waals surface area (Å²) >= 11 is 1.76. The lowest BCUT2D eigenvalue weighted by Gasteiger charge is -2.08. The molecule has 0 bridgehead atoms. The summed E-state index contributed by atoms with van der Waals surface area (Å²) in [6.07, 6.45) is 6.83. The lowest BCUT2D eigenvalue weighted by Crippen LogP contribution is -2.26. The SMILES string of the molecule is O=C(CC1CCCC1)NCCc1cccs1. The van der Waals surface area contributed by atoms with E-state index in [9.17, 15) is 4.79 Å². The Labute approximate surface area is 101 Å². The van der Waals surface area contributed by atoms with Gasteiger partial charge >= 0.3 is 0 Å². The van der Waals surface area contributed by atoms with Gasteiger partial charge < -0.3 is 5.32 Å². The van der Waals surface area contributed by atoms with Crippen LogP contribution in [0.2, 0.25) is 0 Å². The van der Waals surface area contributed by atoms with Gasteiger partial charge in [0.15, 0.2) is 0 Å². The molecule has 1 aliphatic carbocycles. The highest BCUT2D eigenvalue weighted by Crippen LogP contribution is 2.27. The monoisotopic (exact) mass is 237 g/mol. The van der Waals surface area contributed by atoms with Gasteiger partial charge in [-0.2, -0.15) is 0 Å². The largest absolute Gasteiger partial charge is 0.356 e. The summed E-state index contributed by atoms with van der Waals surface area (Å²) in [5.74, 6) is 0.894. The van der Waals surface area contributed by atoms with Crippen LogP contribution in [0, 0.1) is 5.92 Å². The van der Waals surface area contributed by atoms with Crippen LogP contribution in [0.3, 0.4) is 0 Å². The third-order valence-corrected chi connectivity index (χ3v) is 4.16. The molecule has 0 unspecified atom stereocenters. The highest BCUT2D eigenvalue weighted by atomic mass is 32.1. The standard InChI is InChI=1S/C13H19NOS/c15-13(10-11-4-1-2-5-11)14-8-7-12-6-3-9-16-12/h3,6,9,11H,1-2,4-5,7-8,10H2,(H,14,15). The molecule has 1 heterocycles. The van der Waals surface area contributed by atoms with E-state index in [0.717, 1.165) is 19.4 Å². The van der Waals surface area contributed by atoms with Crippen LogP contribution in [0.4, 0.5) is 0 Å². The van der Waals surface area contributed by atoms with Crippen LogP contribution in [-0.4, -0.2) is 12.5 Å². The summed E-state index contributed by atoms with van der Waals surface area (Å²) in [4.78, 5) is 13.0. The molecule has 88 valence electrons. The normalized spacial score (nSPS) is 16.5. The third kappa shape index (κ3) is 3.63. The average molecular weight is 237 g/mol. The molecule has 0 aliphatic heterocycles.